The SMILES string of the molecule is C=C(c1ccccc1)c1ccccc1.c1ccc(Oc2ccccc2)cc1. The molecule has 0 atom stereocenters. The van der Waals surface area contributed by atoms with Crippen molar-refractivity contribution in [2.45, 2.75) is 0 Å². The average Bonchev–Trinajstić information content (AvgIpc) is 2.76. The Kier molecular flexibility index (Phi) is 6.60. The maximum absolute atomic E-state index is 5.58. The first-order valence-electron chi connectivity index (χ1n) is 8.90. The highest BCUT2D eigenvalue weighted by Crippen LogP contribution is 2.20. The largest absolute Gasteiger partial charge is 0.457 e. The summed E-state index contributed by atoms with van der Waals surface area (Å²) in [6.45, 7) is 4.10. The number of hydrogen-bond donors (Lipinski definition) is 0. The topological polar surface area (TPSA) is 9.23 Å². The third-order valence-electron chi connectivity index (χ3n) is 3.97. The van der Waals surface area contributed by atoms with Crippen LogP contribution in [0.1, 0.15) is 11.1 Å². The van der Waals surface area contributed by atoms with E-state index in [1.54, 1.807) is 0 Å². The second-order valence-corrected chi connectivity index (χ2v) is 5.94. The van der Waals surface area contributed by atoms with Gasteiger partial charge in [-0.3, -0.25) is 0 Å². The predicted molar refractivity (Wildman–Crippen MR) is 114 cm³/mol. The minimum Gasteiger partial charge on any atom is -0.457 e. The molecule has 0 spiro atoms. The van der Waals surface area contributed by atoms with Crippen molar-refractivity contribution in [3.63, 3.8) is 0 Å². The molecule has 4 aromatic carbocycles. The van der Waals surface area contributed by atoms with Gasteiger partial charge in [0.25, 0.3) is 0 Å². The van der Waals surface area contributed by atoms with Gasteiger partial charge in [-0.15, -0.1) is 0 Å². The van der Waals surface area contributed by atoms with Gasteiger partial charge in [0.15, 0.2) is 0 Å². The van der Waals surface area contributed by atoms with Crippen LogP contribution in [0.5, 0.6) is 11.5 Å². The van der Waals surface area contributed by atoms with Gasteiger partial charge in [-0.25, -0.2) is 0 Å². The molecule has 0 bridgehead atoms. The van der Waals surface area contributed by atoms with Crippen LogP contribution in [0.25, 0.3) is 5.57 Å². The molecule has 0 heterocycles. The van der Waals surface area contributed by atoms with E-state index in [1.165, 1.54) is 11.1 Å². The maximum Gasteiger partial charge on any atom is 0.127 e. The Bertz CT molecular complexity index is 851. The summed E-state index contributed by atoms with van der Waals surface area (Å²) in [5.41, 5.74) is 3.43. The van der Waals surface area contributed by atoms with Gasteiger partial charge in [0.05, 0.1) is 0 Å². The van der Waals surface area contributed by atoms with E-state index in [4.69, 9.17) is 4.74 Å². The van der Waals surface area contributed by atoms with Gasteiger partial charge in [0, 0.05) is 0 Å². The quantitative estimate of drug-likeness (QED) is 0.377. The number of ether oxygens (including phenoxy) is 1. The lowest BCUT2D eigenvalue weighted by atomic mass is 10.0. The molecule has 0 aliphatic heterocycles. The Hall–Kier alpha value is -3.58. The molecule has 0 saturated carbocycles. The van der Waals surface area contributed by atoms with E-state index in [9.17, 15) is 0 Å². The lowest BCUT2D eigenvalue weighted by Gasteiger charge is -2.04. The van der Waals surface area contributed by atoms with Crippen LogP contribution in [0.15, 0.2) is 128 Å². The molecule has 0 radical (unpaired) electrons. The molecule has 0 fully saturated rings. The lowest BCUT2D eigenvalue weighted by molar-refractivity contribution is 0.482. The van der Waals surface area contributed by atoms with Crippen molar-refractivity contribution in [2.75, 3.05) is 0 Å². The average molecular weight is 350 g/mol. The van der Waals surface area contributed by atoms with Crippen LogP contribution in [-0.4, -0.2) is 0 Å². The predicted octanol–water partition coefficient (Wildman–Crippen LogP) is 7.23. The first-order valence-corrected chi connectivity index (χ1v) is 8.90. The molecule has 0 saturated heterocycles. The molecule has 0 unspecified atom stereocenters. The Labute approximate surface area is 161 Å². The van der Waals surface area contributed by atoms with Gasteiger partial charge < -0.3 is 4.74 Å². The van der Waals surface area contributed by atoms with Crippen LogP contribution in [0.2, 0.25) is 0 Å². The Morgan fingerprint density at radius 1 is 0.444 bits per heavy atom. The van der Waals surface area contributed by atoms with Gasteiger partial charge >= 0.3 is 0 Å². The smallest absolute Gasteiger partial charge is 0.127 e. The highest BCUT2D eigenvalue weighted by molar-refractivity contribution is 5.77. The summed E-state index contributed by atoms with van der Waals surface area (Å²) in [6.07, 6.45) is 0. The van der Waals surface area contributed by atoms with E-state index < -0.39 is 0 Å². The molecule has 0 amide bonds. The maximum atomic E-state index is 5.58. The molecule has 4 aromatic rings. The van der Waals surface area contributed by atoms with Crippen molar-refractivity contribution in [1.29, 1.82) is 0 Å². The van der Waals surface area contributed by atoms with Crippen LogP contribution in [0.3, 0.4) is 0 Å². The molecule has 1 heteroatoms. The Morgan fingerprint density at radius 3 is 1.07 bits per heavy atom. The molecule has 1 nitrogen and oxygen atoms in total. The van der Waals surface area contributed by atoms with Crippen molar-refractivity contribution < 1.29 is 4.74 Å². The highest BCUT2D eigenvalue weighted by atomic mass is 16.5. The molecule has 0 aromatic heterocycles. The summed E-state index contributed by atoms with van der Waals surface area (Å²) < 4.78 is 5.58. The van der Waals surface area contributed by atoms with Crippen molar-refractivity contribution in [1.82, 2.24) is 0 Å². The van der Waals surface area contributed by atoms with Crippen molar-refractivity contribution in [3.05, 3.63) is 139 Å². The van der Waals surface area contributed by atoms with E-state index in [2.05, 4.69) is 30.8 Å². The molecular formula is C26H22O. The van der Waals surface area contributed by atoms with Crippen LogP contribution in [0.4, 0.5) is 0 Å². The molecular weight excluding hydrogens is 328 g/mol. The van der Waals surface area contributed by atoms with Gasteiger partial charge in [-0.2, -0.15) is 0 Å². The highest BCUT2D eigenvalue weighted by Gasteiger charge is 1.99. The summed E-state index contributed by atoms with van der Waals surface area (Å²) in [6, 6.07) is 40.0. The van der Waals surface area contributed by atoms with Crippen molar-refractivity contribution in [3.8, 4) is 11.5 Å². The zero-order valence-corrected chi connectivity index (χ0v) is 15.2. The van der Waals surface area contributed by atoms with E-state index in [0.29, 0.717) is 0 Å². The summed E-state index contributed by atoms with van der Waals surface area (Å²) in [5, 5.41) is 0. The number of para-hydroxylation sites is 2. The normalized spacial score (nSPS) is 9.63. The molecule has 0 aliphatic rings. The Morgan fingerprint density at radius 2 is 0.741 bits per heavy atom. The molecule has 0 N–H and O–H groups in total. The number of hydrogen-bond acceptors (Lipinski definition) is 1. The second-order valence-electron chi connectivity index (χ2n) is 5.94. The zero-order valence-electron chi connectivity index (χ0n) is 15.2. The third kappa shape index (κ3) is 5.72. The van der Waals surface area contributed by atoms with E-state index in [-0.39, 0.29) is 0 Å². The van der Waals surface area contributed by atoms with Crippen molar-refractivity contribution >= 4 is 5.57 Å². The minimum atomic E-state index is 0.869. The monoisotopic (exact) mass is 350 g/mol. The zero-order chi connectivity index (χ0) is 18.7. The summed E-state index contributed by atoms with van der Waals surface area (Å²) in [5.74, 6) is 1.74. The standard InChI is InChI=1S/C14H12.C12H10O/c1-12(13-8-4-2-5-9-13)14-10-6-3-7-11-14;1-3-7-11(8-4-1)13-12-9-5-2-6-10-12/h2-11H,1H2;1-10H. The molecule has 132 valence electrons. The minimum absolute atomic E-state index is 0.869. The summed E-state index contributed by atoms with van der Waals surface area (Å²) >= 11 is 0. The Balaban J connectivity index is 0.000000156. The van der Waals surface area contributed by atoms with Crippen molar-refractivity contribution in [2.24, 2.45) is 0 Å². The fourth-order valence-electron chi connectivity index (χ4n) is 2.56. The van der Waals surface area contributed by atoms with Crippen LogP contribution in [-0.2, 0) is 0 Å². The molecule has 27 heavy (non-hydrogen) atoms. The van der Waals surface area contributed by atoms with Crippen LogP contribution in [0, 0.1) is 0 Å². The van der Waals surface area contributed by atoms with Gasteiger partial charge in [0.2, 0.25) is 0 Å². The van der Waals surface area contributed by atoms with E-state index in [0.717, 1.165) is 17.1 Å². The lowest BCUT2D eigenvalue weighted by Crippen LogP contribution is -1.84. The first-order chi connectivity index (χ1) is 13.3. The second kappa shape index (κ2) is 9.79. The number of benzene rings is 4. The number of rotatable bonds is 4. The van der Waals surface area contributed by atoms with E-state index >= 15 is 0 Å². The van der Waals surface area contributed by atoms with Crippen LogP contribution < -0.4 is 4.74 Å². The summed E-state index contributed by atoms with van der Waals surface area (Å²) in [7, 11) is 0. The first kappa shape index (κ1) is 18.2. The third-order valence-corrected chi connectivity index (χ3v) is 3.97. The van der Waals surface area contributed by atoms with Gasteiger partial charge in [-0.05, 0) is 41.0 Å². The van der Waals surface area contributed by atoms with Gasteiger partial charge in [0.1, 0.15) is 11.5 Å². The molecule has 4 rings (SSSR count). The fourth-order valence-corrected chi connectivity index (χ4v) is 2.56. The van der Waals surface area contributed by atoms with Gasteiger partial charge in [-0.1, -0.05) is 104 Å². The summed E-state index contributed by atoms with van der Waals surface area (Å²) in [4.78, 5) is 0. The van der Waals surface area contributed by atoms with E-state index in [1.807, 2.05) is 97.1 Å². The van der Waals surface area contributed by atoms with Crippen LogP contribution >= 0.6 is 0 Å². The molecule has 0 aliphatic carbocycles. The fraction of sp³-hybridized carbons (Fsp3) is 0.